The zero-order valence-corrected chi connectivity index (χ0v) is 10.8. The molecule has 0 heterocycles. The normalized spacial score (nSPS) is 11.8. The number of rotatable bonds is 7. The molecule has 17 heavy (non-hydrogen) atoms. The van der Waals surface area contributed by atoms with Gasteiger partial charge in [0, 0.05) is 20.2 Å². The van der Waals surface area contributed by atoms with Crippen LogP contribution in [-0.4, -0.2) is 37.0 Å². The molecule has 0 N–H and O–H groups in total. The Hall–Kier alpha value is -1.19. The summed E-state index contributed by atoms with van der Waals surface area (Å²) in [6.07, 6.45) is 0.992. The Labute approximate surface area is 103 Å². The minimum atomic E-state index is -0.464. The first-order valence-electron chi connectivity index (χ1n) is 5.84. The molecule has 0 radical (unpaired) electrons. The van der Waals surface area contributed by atoms with E-state index < -0.39 is 5.54 Å². The van der Waals surface area contributed by atoms with Crippen LogP contribution in [0.4, 0.5) is 0 Å². The highest BCUT2D eigenvalue weighted by molar-refractivity contribution is 5.62. The molecule has 94 valence electrons. The maximum absolute atomic E-state index is 11.1. The zero-order chi connectivity index (χ0) is 12.7. The first-order chi connectivity index (χ1) is 8.10. The van der Waals surface area contributed by atoms with Gasteiger partial charge in [0.15, 0.2) is 0 Å². The van der Waals surface area contributed by atoms with Gasteiger partial charge in [-0.05, 0) is 19.4 Å². The summed E-state index contributed by atoms with van der Waals surface area (Å²) >= 11 is 0. The first-order valence-corrected chi connectivity index (χ1v) is 5.84. The van der Waals surface area contributed by atoms with E-state index in [-0.39, 0.29) is 0 Å². The monoisotopic (exact) mass is 235 g/mol. The quantitative estimate of drug-likeness (QED) is 0.678. The molecular weight excluding hydrogens is 214 g/mol. The highest BCUT2D eigenvalue weighted by atomic mass is 16.5. The van der Waals surface area contributed by atoms with Gasteiger partial charge in [-0.15, -0.1) is 0 Å². The van der Waals surface area contributed by atoms with E-state index in [0.717, 1.165) is 19.4 Å². The number of carbonyl (C=O) groups is 1. The third-order valence-corrected chi connectivity index (χ3v) is 2.89. The number of benzene rings is 1. The molecule has 3 heteroatoms. The Bertz CT molecular complexity index is 335. The van der Waals surface area contributed by atoms with Crippen LogP contribution in [-0.2, 0) is 16.1 Å². The third kappa shape index (κ3) is 4.29. The Morgan fingerprint density at radius 1 is 1.29 bits per heavy atom. The van der Waals surface area contributed by atoms with Crippen LogP contribution in [0, 0.1) is 0 Å². The van der Waals surface area contributed by atoms with Gasteiger partial charge in [0.1, 0.15) is 6.29 Å². The summed E-state index contributed by atoms with van der Waals surface area (Å²) in [6, 6.07) is 10.2. The molecule has 1 aromatic rings. The van der Waals surface area contributed by atoms with Gasteiger partial charge in [-0.2, -0.15) is 0 Å². The molecule has 3 nitrogen and oxygen atoms in total. The smallest absolute Gasteiger partial charge is 0.139 e. The first kappa shape index (κ1) is 13.9. The van der Waals surface area contributed by atoms with Crippen molar-refractivity contribution >= 4 is 6.29 Å². The van der Waals surface area contributed by atoms with Crippen molar-refractivity contribution in [3.63, 3.8) is 0 Å². The molecule has 0 spiro atoms. The lowest BCUT2D eigenvalue weighted by atomic mass is 10.0. The van der Waals surface area contributed by atoms with E-state index in [0.29, 0.717) is 6.61 Å². The Morgan fingerprint density at radius 2 is 1.94 bits per heavy atom. The highest BCUT2D eigenvalue weighted by Crippen LogP contribution is 2.15. The summed E-state index contributed by atoms with van der Waals surface area (Å²) in [5.41, 5.74) is 0.743. The van der Waals surface area contributed by atoms with Gasteiger partial charge in [-0.3, -0.25) is 4.90 Å². The summed E-state index contributed by atoms with van der Waals surface area (Å²) in [4.78, 5) is 13.3. The van der Waals surface area contributed by atoms with Gasteiger partial charge in [0.25, 0.3) is 0 Å². The molecule has 0 fully saturated rings. The van der Waals surface area contributed by atoms with Crippen molar-refractivity contribution in [2.24, 2.45) is 0 Å². The van der Waals surface area contributed by atoms with E-state index in [1.165, 1.54) is 5.56 Å². The third-order valence-electron chi connectivity index (χ3n) is 2.89. The fourth-order valence-corrected chi connectivity index (χ4v) is 1.65. The summed E-state index contributed by atoms with van der Waals surface area (Å²) in [5, 5.41) is 0. The van der Waals surface area contributed by atoms with E-state index >= 15 is 0 Å². The van der Waals surface area contributed by atoms with Crippen molar-refractivity contribution in [2.45, 2.75) is 25.9 Å². The summed E-state index contributed by atoms with van der Waals surface area (Å²) in [5.74, 6) is 0. The second kappa shape index (κ2) is 6.52. The average Bonchev–Trinajstić information content (AvgIpc) is 2.35. The predicted octanol–water partition coefficient (Wildman–Crippen LogP) is 2.11. The molecule has 0 atom stereocenters. The van der Waals surface area contributed by atoms with Crippen LogP contribution >= 0.6 is 0 Å². The number of methoxy groups -OCH3 is 1. The van der Waals surface area contributed by atoms with Crippen molar-refractivity contribution in [2.75, 3.05) is 20.3 Å². The fourth-order valence-electron chi connectivity index (χ4n) is 1.65. The minimum absolute atomic E-state index is 0.464. The largest absolute Gasteiger partial charge is 0.383 e. The van der Waals surface area contributed by atoms with Gasteiger partial charge < -0.3 is 9.53 Å². The lowest BCUT2D eigenvalue weighted by molar-refractivity contribution is -0.117. The maximum Gasteiger partial charge on any atom is 0.139 e. The molecular formula is C14H21NO2. The lowest BCUT2D eigenvalue weighted by Crippen LogP contribution is -2.46. The van der Waals surface area contributed by atoms with Gasteiger partial charge >= 0.3 is 0 Å². The van der Waals surface area contributed by atoms with Gasteiger partial charge in [-0.1, -0.05) is 30.3 Å². The van der Waals surface area contributed by atoms with Crippen molar-refractivity contribution < 1.29 is 9.53 Å². The molecule has 0 bridgehead atoms. The van der Waals surface area contributed by atoms with Crippen LogP contribution < -0.4 is 0 Å². The average molecular weight is 235 g/mol. The molecule has 0 aromatic heterocycles. The van der Waals surface area contributed by atoms with Crippen LogP contribution in [0.2, 0.25) is 0 Å². The van der Waals surface area contributed by atoms with Crippen LogP contribution in [0.1, 0.15) is 19.4 Å². The van der Waals surface area contributed by atoms with Gasteiger partial charge in [0.05, 0.1) is 12.1 Å². The second-order valence-electron chi connectivity index (χ2n) is 4.67. The Balaban J connectivity index is 2.73. The lowest BCUT2D eigenvalue weighted by Gasteiger charge is -2.34. The van der Waals surface area contributed by atoms with E-state index in [1.54, 1.807) is 7.11 Å². The summed E-state index contributed by atoms with van der Waals surface area (Å²) < 4.78 is 5.09. The number of nitrogens with zero attached hydrogens (tertiary/aromatic N) is 1. The molecule has 0 aliphatic rings. The van der Waals surface area contributed by atoms with E-state index in [9.17, 15) is 4.79 Å². The topological polar surface area (TPSA) is 29.5 Å². The summed E-state index contributed by atoms with van der Waals surface area (Å²) in [7, 11) is 1.68. The minimum Gasteiger partial charge on any atom is -0.383 e. The van der Waals surface area contributed by atoms with Crippen molar-refractivity contribution in [1.29, 1.82) is 0 Å². The molecule has 0 unspecified atom stereocenters. The SMILES string of the molecule is COCCN(Cc1ccccc1)C(C)(C)C=O. The zero-order valence-electron chi connectivity index (χ0n) is 10.8. The second-order valence-corrected chi connectivity index (χ2v) is 4.67. The Morgan fingerprint density at radius 3 is 2.47 bits per heavy atom. The standard InChI is InChI=1S/C14H21NO2/c1-14(2,12-16)15(9-10-17-3)11-13-7-5-4-6-8-13/h4-8,12H,9-11H2,1-3H3. The van der Waals surface area contributed by atoms with E-state index in [2.05, 4.69) is 17.0 Å². The molecule has 0 amide bonds. The highest BCUT2D eigenvalue weighted by Gasteiger charge is 2.25. The van der Waals surface area contributed by atoms with E-state index in [4.69, 9.17) is 4.74 Å². The van der Waals surface area contributed by atoms with Gasteiger partial charge in [0.2, 0.25) is 0 Å². The van der Waals surface area contributed by atoms with E-state index in [1.807, 2.05) is 32.0 Å². The van der Waals surface area contributed by atoms with Crippen LogP contribution in [0.3, 0.4) is 0 Å². The molecule has 1 aromatic carbocycles. The number of carbonyl (C=O) groups excluding carboxylic acids is 1. The number of aldehydes is 1. The number of hydrogen-bond donors (Lipinski definition) is 0. The van der Waals surface area contributed by atoms with Crippen LogP contribution in [0.15, 0.2) is 30.3 Å². The van der Waals surface area contributed by atoms with Crippen LogP contribution in [0.5, 0.6) is 0 Å². The molecule has 0 aliphatic heterocycles. The predicted molar refractivity (Wildman–Crippen MR) is 68.9 cm³/mol. The molecule has 0 aliphatic carbocycles. The van der Waals surface area contributed by atoms with Crippen molar-refractivity contribution in [1.82, 2.24) is 4.90 Å². The maximum atomic E-state index is 11.1. The molecule has 0 saturated heterocycles. The summed E-state index contributed by atoms with van der Waals surface area (Å²) in [6.45, 7) is 5.99. The number of hydrogen-bond acceptors (Lipinski definition) is 3. The van der Waals surface area contributed by atoms with Gasteiger partial charge in [-0.25, -0.2) is 0 Å². The number of ether oxygens (including phenoxy) is 1. The molecule has 0 saturated carbocycles. The Kier molecular flexibility index (Phi) is 5.32. The fraction of sp³-hybridized carbons (Fsp3) is 0.500. The van der Waals surface area contributed by atoms with Crippen LogP contribution in [0.25, 0.3) is 0 Å². The van der Waals surface area contributed by atoms with Crippen molar-refractivity contribution in [3.05, 3.63) is 35.9 Å². The van der Waals surface area contributed by atoms with Crippen molar-refractivity contribution in [3.8, 4) is 0 Å². The molecule has 1 rings (SSSR count).